The number of ether oxygens (including phenoxy) is 1. The molecule has 1 saturated heterocycles. The van der Waals surface area contributed by atoms with Crippen molar-refractivity contribution in [2.24, 2.45) is 10.9 Å². The molecule has 6 heteroatoms. The lowest BCUT2D eigenvalue weighted by molar-refractivity contribution is 0.0262. The number of oxime groups is 1. The molecule has 3 N–H and O–H groups in total. The van der Waals surface area contributed by atoms with E-state index in [0.29, 0.717) is 13.0 Å². The maximum Gasteiger partial charge on any atom is 0.410 e. The second-order valence-electron chi connectivity index (χ2n) is 6.52. The Hall–Kier alpha value is -2.24. The van der Waals surface area contributed by atoms with Gasteiger partial charge in [0.1, 0.15) is 5.60 Å². The van der Waals surface area contributed by atoms with E-state index in [4.69, 9.17) is 15.7 Å². The maximum absolute atomic E-state index is 12.4. The van der Waals surface area contributed by atoms with Gasteiger partial charge in [-0.15, -0.1) is 0 Å². The van der Waals surface area contributed by atoms with E-state index in [9.17, 15) is 4.79 Å². The number of carbonyl (C=O) groups excluding carboxylic acids is 1. The number of hydrogen-bond acceptors (Lipinski definition) is 4. The highest BCUT2D eigenvalue weighted by atomic mass is 16.6. The summed E-state index contributed by atoms with van der Waals surface area (Å²) in [4.78, 5) is 13.9. The molecule has 1 heterocycles. The molecule has 1 aliphatic rings. The fraction of sp³-hybridized carbons (Fsp3) is 0.500. The van der Waals surface area contributed by atoms with Crippen LogP contribution in [0.4, 0.5) is 4.79 Å². The van der Waals surface area contributed by atoms with Crippen molar-refractivity contribution in [3.63, 3.8) is 0 Å². The summed E-state index contributed by atoms with van der Waals surface area (Å²) in [5.41, 5.74) is 6.30. The maximum atomic E-state index is 12.4. The molecule has 1 amide bonds. The zero-order chi connectivity index (χ0) is 16.3. The van der Waals surface area contributed by atoms with Crippen molar-refractivity contribution in [1.29, 1.82) is 0 Å². The highest BCUT2D eigenvalue weighted by Gasteiger charge is 2.40. The Morgan fingerprint density at radius 3 is 2.55 bits per heavy atom. The van der Waals surface area contributed by atoms with Crippen molar-refractivity contribution in [3.05, 3.63) is 35.9 Å². The molecule has 0 spiro atoms. The SMILES string of the molecule is CC(C)(C)OC(=O)N1CC(c2ccccc2)CC1/C(N)=N\O. The van der Waals surface area contributed by atoms with Crippen LogP contribution in [-0.2, 0) is 4.74 Å². The topological polar surface area (TPSA) is 88.2 Å². The van der Waals surface area contributed by atoms with Gasteiger partial charge in [0, 0.05) is 12.5 Å². The number of rotatable bonds is 2. The minimum absolute atomic E-state index is 0.0318. The molecular weight excluding hydrogens is 282 g/mol. The number of nitrogens with zero attached hydrogens (tertiary/aromatic N) is 2. The van der Waals surface area contributed by atoms with Crippen LogP contribution >= 0.6 is 0 Å². The number of benzene rings is 1. The van der Waals surface area contributed by atoms with Crippen LogP contribution < -0.4 is 5.73 Å². The van der Waals surface area contributed by atoms with E-state index in [1.165, 1.54) is 4.90 Å². The van der Waals surface area contributed by atoms with Gasteiger partial charge in [0.15, 0.2) is 5.84 Å². The summed E-state index contributed by atoms with van der Waals surface area (Å²) in [6.07, 6.45) is 0.168. The predicted molar refractivity (Wildman–Crippen MR) is 83.9 cm³/mol. The van der Waals surface area contributed by atoms with Gasteiger partial charge < -0.3 is 15.7 Å². The third-order valence-electron chi connectivity index (χ3n) is 3.66. The molecule has 2 rings (SSSR count). The molecule has 2 unspecified atom stereocenters. The summed E-state index contributed by atoms with van der Waals surface area (Å²) in [7, 11) is 0. The first-order valence-electron chi connectivity index (χ1n) is 7.34. The predicted octanol–water partition coefficient (Wildman–Crippen LogP) is 2.53. The Kier molecular flexibility index (Phi) is 4.59. The average Bonchev–Trinajstić information content (AvgIpc) is 2.91. The summed E-state index contributed by atoms with van der Waals surface area (Å²) in [5, 5.41) is 12.0. The monoisotopic (exact) mass is 305 g/mol. The number of amidine groups is 1. The van der Waals surface area contributed by atoms with Gasteiger partial charge in [-0.2, -0.15) is 0 Å². The first-order chi connectivity index (χ1) is 10.3. The van der Waals surface area contributed by atoms with E-state index in [0.717, 1.165) is 5.56 Å². The third-order valence-corrected chi connectivity index (χ3v) is 3.66. The van der Waals surface area contributed by atoms with Gasteiger partial charge in [-0.25, -0.2) is 4.79 Å². The average molecular weight is 305 g/mol. The van der Waals surface area contributed by atoms with Gasteiger partial charge in [-0.1, -0.05) is 35.5 Å². The van der Waals surface area contributed by atoms with Crippen LogP contribution in [0.25, 0.3) is 0 Å². The van der Waals surface area contributed by atoms with E-state index in [1.54, 1.807) is 0 Å². The van der Waals surface area contributed by atoms with Crippen molar-refractivity contribution in [1.82, 2.24) is 4.90 Å². The van der Waals surface area contributed by atoms with Crippen molar-refractivity contribution in [3.8, 4) is 0 Å². The number of hydrogen-bond donors (Lipinski definition) is 2. The first kappa shape index (κ1) is 16.1. The summed E-state index contributed by atoms with van der Waals surface area (Å²) < 4.78 is 5.43. The van der Waals surface area contributed by atoms with Gasteiger partial charge in [0.05, 0.1) is 6.04 Å². The Balaban J connectivity index is 2.21. The van der Waals surface area contributed by atoms with Gasteiger partial charge in [0.25, 0.3) is 0 Å². The Bertz CT molecular complexity index is 552. The Morgan fingerprint density at radius 1 is 1.36 bits per heavy atom. The van der Waals surface area contributed by atoms with Gasteiger partial charge in [-0.3, -0.25) is 4.90 Å². The van der Waals surface area contributed by atoms with Gasteiger partial charge >= 0.3 is 6.09 Å². The number of likely N-dealkylation sites (tertiary alicyclic amines) is 1. The fourth-order valence-electron chi connectivity index (χ4n) is 2.67. The number of nitrogens with two attached hydrogens (primary N) is 1. The van der Waals surface area contributed by atoms with Crippen molar-refractivity contribution in [2.75, 3.05) is 6.54 Å². The summed E-state index contributed by atoms with van der Waals surface area (Å²) >= 11 is 0. The smallest absolute Gasteiger partial charge is 0.410 e. The molecule has 1 fully saturated rings. The normalized spacial score (nSPS) is 22.7. The van der Waals surface area contributed by atoms with Gasteiger partial charge in [0.2, 0.25) is 0 Å². The van der Waals surface area contributed by atoms with Crippen LogP contribution in [0.5, 0.6) is 0 Å². The second-order valence-corrected chi connectivity index (χ2v) is 6.52. The number of amides is 1. The second kappa shape index (κ2) is 6.25. The van der Waals surface area contributed by atoms with Gasteiger partial charge in [-0.05, 0) is 32.8 Å². The zero-order valence-corrected chi connectivity index (χ0v) is 13.2. The fourth-order valence-corrected chi connectivity index (χ4v) is 2.67. The molecule has 1 aliphatic heterocycles. The minimum atomic E-state index is -0.586. The zero-order valence-electron chi connectivity index (χ0n) is 13.2. The molecule has 120 valence electrons. The third kappa shape index (κ3) is 3.69. The van der Waals surface area contributed by atoms with Crippen molar-refractivity contribution >= 4 is 11.9 Å². The van der Waals surface area contributed by atoms with E-state index < -0.39 is 17.7 Å². The van der Waals surface area contributed by atoms with Crippen molar-refractivity contribution in [2.45, 2.75) is 44.8 Å². The van der Waals surface area contributed by atoms with E-state index in [1.807, 2.05) is 51.1 Å². The van der Waals surface area contributed by atoms with Crippen LogP contribution in [0.3, 0.4) is 0 Å². The summed E-state index contributed by atoms with van der Waals surface area (Å²) in [6.45, 7) is 5.93. The molecule has 0 bridgehead atoms. The molecule has 0 saturated carbocycles. The highest BCUT2D eigenvalue weighted by molar-refractivity contribution is 5.89. The van der Waals surface area contributed by atoms with Crippen LogP contribution in [0.1, 0.15) is 38.7 Å². The van der Waals surface area contributed by atoms with E-state index in [-0.39, 0.29) is 11.8 Å². The molecule has 6 nitrogen and oxygen atoms in total. The van der Waals surface area contributed by atoms with Crippen LogP contribution in [-0.4, -0.2) is 40.2 Å². The van der Waals surface area contributed by atoms with E-state index in [2.05, 4.69) is 5.16 Å². The summed E-state index contributed by atoms with van der Waals surface area (Å²) in [5.74, 6) is 0.170. The lowest BCUT2D eigenvalue weighted by Crippen LogP contribution is -2.46. The molecule has 22 heavy (non-hydrogen) atoms. The number of carbonyl (C=O) groups is 1. The quantitative estimate of drug-likeness (QED) is 0.380. The summed E-state index contributed by atoms with van der Waals surface area (Å²) in [6, 6.07) is 9.46. The molecule has 0 radical (unpaired) electrons. The highest BCUT2D eigenvalue weighted by Crippen LogP contribution is 2.32. The molecule has 0 aromatic heterocycles. The standard InChI is InChI=1S/C16H23N3O3/c1-16(2,3)22-15(20)19-10-12(9-13(19)14(17)18-21)11-7-5-4-6-8-11/h4-8,12-13,21H,9-10H2,1-3H3,(H2,17,18). The van der Waals surface area contributed by atoms with Crippen LogP contribution in [0, 0.1) is 0 Å². The van der Waals surface area contributed by atoms with Crippen LogP contribution in [0.15, 0.2) is 35.5 Å². The molecule has 2 atom stereocenters. The Morgan fingerprint density at radius 2 is 2.00 bits per heavy atom. The van der Waals surface area contributed by atoms with Crippen molar-refractivity contribution < 1.29 is 14.7 Å². The van der Waals surface area contributed by atoms with E-state index >= 15 is 0 Å². The largest absolute Gasteiger partial charge is 0.444 e. The lowest BCUT2D eigenvalue weighted by atomic mass is 9.96. The first-order valence-corrected chi connectivity index (χ1v) is 7.34. The van der Waals surface area contributed by atoms with Crippen LogP contribution in [0.2, 0.25) is 0 Å². The molecular formula is C16H23N3O3. The molecule has 1 aromatic carbocycles. The minimum Gasteiger partial charge on any atom is -0.444 e. The lowest BCUT2D eigenvalue weighted by Gasteiger charge is -2.27. The Labute approximate surface area is 130 Å². The molecule has 1 aromatic rings. The molecule has 0 aliphatic carbocycles.